The minimum Gasteiger partial charge on any atom is -0.426 e. The standard InChI is InChI=1S/C23H34N6O/c1-16(2)21-13-19(14-22-27-26-18(4)30-22)17(3)12-20(21)15-28-8-10-29(11-9-28)23-24-6-5-7-25-23/h5-7,12,16,19-21H,8-11,13-15H2,1-4H3. The highest BCUT2D eigenvalue weighted by molar-refractivity contribution is 5.29. The number of piperazine rings is 1. The lowest BCUT2D eigenvalue weighted by Gasteiger charge is -2.41. The van der Waals surface area contributed by atoms with Crippen LogP contribution in [0.4, 0.5) is 5.95 Å². The molecule has 4 rings (SSSR count). The van der Waals surface area contributed by atoms with Gasteiger partial charge in [0.15, 0.2) is 0 Å². The quantitative estimate of drug-likeness (QED) is 0.676. The van der Waals surface area contributed by atoms with E-state index in [1.807, 2.05) is 25.4 Å². The molecule has 0 aromatic carbocycles. The highest BCUT2D eigenvalue weighted by atomic mass is 16.4. The molecule has 0 bridgehead atoms. The highest BCUT2D eigenvalue weighted by Crippen LogP contribution is 2.39. The van der Waals surface area contributed by atoms with Gasteiger partial charge >= 0.3 is 0 Å². The van der Waals surface area contributed by atoms with E-state index in [-0.39, 0.29) is 0 Å². The molecule has 0 N–H and O–H groups in total. The first-order chi connectivity index (χ1) is 14.5. The summed E-state index contributed by atoms with van der Waals surface area (Å²) in [6, 6.07) is 1.87. The fourth-order valence-corrected chi connectivity index (χ4v) is 5.00. The fourth-order valence-electron chi connectivity index (χ4n) is 5.00. The van der Waals surface area contributed by atoms with Crippen LogP contribution < -0.4 is 4.90 Å². The van der Waals surface area contributed by atoms with Crippen LogP contribution in [0.25, 0.3) is 0 Å². The van der Waals surface area contributed by atoms with Gasteiger partial charge in [-0.1, -0.05) is 25.5 Å². The molecule has 3 heterocycles. The van der Waals surface area contributed by atoms with Crippen LogP contribution >= 0.6 is 0 Å². The SMILES string of the molecule is CC1=CC(CN2CCN(c3ncccn3)CC2)C(C(C)C)CC1Cc1nnc(C)o1. The second-order valence-corrected chi connectivity index (χ2v) is 9.17. The molecule has 2 aromatic heterocycles. The van der Waals surface area contributed by atoms with Crippen molar-refractivity contribution in [2.75, 3.05) is 37.6 Å². The van der Waals surface area contributed by atoms with Crippen LogP contribution in [0.2, 0.25) is 0 Å². The first-order valence-corrected chi connectivity index (χ1v) is 11.2. The zero-order valence-electron chi connectivity index (χ0n) is 18.7. The number of hydrogen-bond acceptors (Lipinski definition) is 7. The van der Waals surface area contributed by atoms with Crippen LogP contribution in [-0.2, 0) is 6.42 Å². The fraction of sp³-hybridized carbons (Fsp3) is 0.652. The second-order valence-electron chi connectivity index (χ2n) is 9.17. The number of rotatable bonds is 6. The Hall–Kier alpha value is -2.28. The molecular formula is C23H34N6O. The molecule has 2 aromatic rings. The molecule has 0 spiro atoms. The minimum absolute atomic E-state index is 0.501. The van der Waals surface area contributed by atoms with Gasteiger partial charge in [-0.15, -0.1) is 10.2 Å². The highest BCUT2D eigenvalue weighted by Gasteiger charge is 2.34. The number of aromatic nitrogens is 4. The van der Waals surface area contributed by atoms with Gasteiger partial charge in [0.05, 0.1) is 0 Å². The second kappa shape index (κ2) is 9.25. The maximum Gasteiger partial charge on any atom is 0.225 e. The predicted octanol–water partition coefficient (Wildman–Crippen LogP) is 3.39. The lowest BCUT2D eigenvalue weighted by molar-refractivity contribution is 0.154. The van der Waals surface area contributed by atoms with E-state index in [2.05, 4.69) is 56.8 Å². The average molecular weight is 411 g/mol. The van der Waals surface area contributed by atoms with Crippen LogP contribution in [0.15, 0.2) is 34.5 Å². The summed E-state index contributed by atoms with van der Waals surface area (Å²) in [6.07, 6.45) is 8.24. The van der Waals surface area contributed by atoms with E-state index >= 15 is 0 Å². The van der Waals surface area contributed by atoms with Crippen molar-refractivity contribution in [2.45, 2.75) is 40.5 Å². The Morgan fingerprint density at radius 2 is 1.80 bits per heavy atom. The summed E-state index contributed by atoms with van der Waals surface area (Å²) in [5.74, 6) is 4.71. The van der Waals surface area contributed by atoms with E-state index in [1.165, 1.54) is 12.0 Å². The Bertz CT molecular complexity index is 840. The summed E-state index contributed by atoms with van der Waals surface area (Å²) in [5, 5.41) is 8.22. The van der Waals surface area contributed by atoms with Gasteiger partial charge in [-0.3, -0.25) is 4.90 Å². The minimum atomic E-state index is 0.501. The van der Waals surface area contributed by atoms with Gasteiger partial charge < -0.3 is 9.32 Å². The molecule has 1 saturated heterocycles. The van der Waals surface area contributed by atoms with Crippen molar-refractivity contribution in [3.63, 3.8) is 0 Å². The first-order valence-electron chi connectivity index (χ1n) is 11.2. The van der Waals surface area contributed by atoms with E-state index < -0.39 is 0 Å². The number of allylic oxidation sites excluding steroid dienone is 1. The molecule has 3 unspecified atom stereocenters. The average Bonchev–Trinajstić information content (AvgIpc) is 3.15. The molecule has 7 heteroatoms. The van der Waals surface area contributed by atoms with E-state index in [0.29, 0.717) is 29.6 Å². The molecule has 1 aliphatic carbocycles. The van der Waals surface area contributed by atoms with Gasteiger partial charge in [0.2, 0.25) is 17.7 Å². The van der Waals surface area contributed by atoms with Crippen LogP contribution in [0.1, 0.15) is 39.0 Å². The molecule has 0 radical (unpaired) electrons. The van der Waals surface area contributed by atoms with Crippen LogP contribution in [0.3, 0.4) is 0 Å². The Morgan fingerprint density at radius 1 is 1.07 bits per heavy atom. The molecule has 7 nitrogen and oxygen atoms in total. The van der Waals surface area contributed by atoms with Crippen molar-refractivity contribution < 1.29 is 4.42 Å². The molecule has 1 fully saturated rings. The summed E-state index contributed by atoms with van der Waals surface area (Å²) in [7, 11) is 0. The topological polar surface area (TPSA) is 71.2 Å². The third kappa shape index (κ3) is 4.89. The summed E-state index contributed by atoms with van der Waals surface area (Å²) < 4.78 is 5.65. The zero-order chi connectivity index (χ0) is 21.1. The van der Waals surface area contributed by atoms with Crippen molar-refractivity contribution >= 4 is 5.95 Å². The Balaban J connectivity index is 1.38. The maximum absolute atomic E-state index is 5.65. The summed E-state index contributed by atoms with van der Waals surface area (Å²) in [6.45, 7) is 14.1. The molecule has 3 atom stereocenters. The maximum atomic E-state index is 5.65. The third-order valence-corrected chi connectivity index (χ3v) is 6.75. The van der Waals surface area contributed by atoms with Crippen molar-refractivity contribution in [3.8, 4) is 0 Å². The number of anilines is 1. The van der Waals surface area contributed by atoms with Crippen molar-refractivity contribution in [3.05, 3.63) is 41.9 Å². The zero-order valence-corrected chi connectivity index (χ0v) is 18.7. The Kier molecular flexibility index (Phi) is 6.46. The largest absolute Gasteiger partial charge is 0.426 e. The van der Waals surface area contributed by atoms with Crippen LogP contribution in [-0.4, -0.2) is 57.8 Å². The summed E-state index contributed by atoms with van der Waals surface area (Å²) >= 11 is 0. The molecular weight excluding hydrogens is 376 g/mol. The van der Waals surface area contributed by atoms with E-state index in [4.69, 9.17) is 4.42 Å². The van der Waals surface area contributed by atoms with Gasteiger partial charge in [0.1, 0.15) is 0 Å². The van der Waals surface area contributed by atoms with Crippen molar-refractivity contribution in [1.29, 1.82) is 0 Å². The van der Waals surface area contributed by atoms with Crippen molar-refractivity contribution in [1.82, 2.24) is 25.1 Å². The Labute approximate surface area is 179 Å². The van der Waals surface area contributed by atoms with E-state index in [0.717, 1.165) is 51.0 Å². The summed E-state index contributed by atoms with van der Waals surface area (Å²) in [5.41, 5.74) is 1.48. The summed E-state index contributed by atoms with van der Waals surface area (Å²) in [4.78, 5) is 13.7. The molecule has 1 aliphatic heterocycles. The van der Waals surface area contributed by atoms with E-state index in [1.54, 1.807) is 0 Å². The molecule has 0 saturated carbocycles. The van der Waals surface area contributed by atoms with Gasteiger partial charge in [-0.05, 0) is 43.1 Å². The lowest BCUT2D eigenvalue weighted by Crippen LogP contribution is -2.49. The van der Waals surface area contributed by atoms with Gasteiger partial charge in [0.25, 0.3) is 0 Å². The number of nitrogens with zero attached hydrogens (tertiary/aromatic N) is 6. The van der Waals surface area contributed by atoms with Gasteiger partial charge in [-0.2, -0.15) is 0 Å². The number of hydrogen-bond donors (Lipinski definition) is 0. The molecule has 30 heavy (non-hydrogen) atoms. The first kappa shape index (κ1) is 21.0. The van der Waals surface area contributed by atoms with Crippen LogP contribution in [0, 0.1) is 30.6 Å². The van der Waals surface area contributed by atoms with Gasteiger partial charge in [0, 0.05) is 58.5 Å². The smallest absolute Gasteiger partial charge is 0.225 e. The predicted molar refractivity (Wildman–Crippen MR) is 117 cm³/mol. The molecule has 2 aliphatic rings. The third-order valence-electron chi connectivity index (χ3n) is 6.75. The molecule has 162 valence electrons. The lowest BCUT2D eigenvalue weighted by atomic mass is 9.69. The van der Waals surface area contributed by atoms with Gasteiger partial charge in [-0.25, -0.2) is 9.97 Å². The van der Waals surface area contributed by atoms with Crippen LogP contribution in [0.5, 0.6) is 0 Å². The Morgan fingerprint density at radius 3 is 2.43 bits per heavy atom. The number of aryl methyl sites for hydroxylation is 1. The monoisotopic (exact) mass is 410 g/mol. The molecule has 0 amide bonds. The van der Waals surface area contributed by atoms with Crippen molar-refractivity contribution in [2.24, 2.45) is 23.7 Å². The van der Waals surface area contributed by atoms with E-state index in [9.17, 15) is 0 Å². The normalized spacial score (nSPS) is 25.6.